The van der Waals surface area contributed by atoms with Crippen molar-refractivity contribution >= 4 is 29.7 Å². The minimum atomic E-state index is -1.32. The number of hydrogen-bond acceptors (Lipinski definition) is 4. The number of amidine groups is 1. The Balaban J connectivity index is 2.12. The Hall–Kier alpha value is -3.43. The summed E-state index contributed by atoms with van der Waals surface area (Å²) in [5.74, 6) is -3.02. The predicted octanol–water partition coefficient (Wildman–Crippen LogP) is 0.451. The molecule has 0 bridgehead atoms. The van der Waals surface area contributed by atoms with Crippen molar-refractivity contribution in [2.75, 3.05) is 7.05 Å². The van der Waals surface area contributed by atoms with E-state index in [1.165, 1.54) is 7.05 Å². The quantitative estimate of drug-likeness (QED) is 0.314. The lowest BCUT2D eigenvalue weighted by molar-refractivity contribution is -0.165. The van der Waals surface area contributed by atoms with E-state index >= 15 is 0 Å². The molecule has 0 radical (unpaired) electrons. The van der Waals surface area contributed by atoms with E-state index in [1.807, 2.05) is 37.3 Å². The first-order chi connectivity index (χ1) is 13.3. The number of rotatable bonds is 6. The van der Waals surface area contributed by atoms with E-state index in [9.17, 15) is 19.5 Å². The number of amides is 3. The summed E-state index contributed by atoms with van der Waals surface area (Å²) in [5.41, 5.74) is 12.0. The molecule has 3 atom stereocenters. The molecule has 1 fully saturated rings. The monoisotopic (exact) mass is 388 g/mol. The van der Waals surface area contributed by atoms with Crippen molar-refractivity contribution in [3.8, 4) is 0 Å². The highest BCUT2D eigenvalue weighted by atomic mass is 16.4. The van der Waals surface area contributed by atoms with Gasteiger partial charge < -0.3 is 21.9 Å². The average Bonchev–Trinajstić information content (AvgIpc) is 2.68. The molecule has 6 N–H and O–H groups in total. The van der Waals surface area contributed by atoms with Gasteiger partial charge in [-0.15, -0.1) is 0 Å². The SMILES string of the molecule is CC[C@@H](NC(=O)N1C(=O)[C@H](CC(N)=NC(N)=NC)[C@H]1C(=O)O)c1ccccc1. The van der Waals surface area contributed by atoms with Crippen LogP contribution in [0.25, 0.3) is 0 Å². The normalized spacial score (nSPS) is 21.1. The van der Waals surface area contributed by atoms with Gasteiger partial charge in [-0.2, -0.15) is 0 Å². The van der Waals surface area contributed by atoms with Crippen molar-refractivity contribution in [3.05, 3.63) is 35.9 Å². The largest absolute Gasteiger partial charge is 0.480 e. The summed E-state index contributed by atoms with van der Waals surface area (Å²) in [7, 11) is 1.42. The molecule has 3 amide bonds. The van der Waals surface area contributed by atoms with E-state index in [-0.39, 0.29) is 24.3 Å². The van der Waals surface area contributed by atoms with Crippen molar-refractivity contribution in [1.29, 1.82) is 0 Å². The van der Waals surface area contributed by atoms with E-state index in [1.54, 1.807) is 0 Å². The molecule has 1 aromatic carbocycles. The van der Waals surface area contributed by atoms with Crippen LogP contribution in [0.5, 0.6) is 0 Å². The smallest absolute Gasteiger partial charge is 0.327 e. The number of carbonyl (C=O) groups is 3. The molecule has 0 spiro atoms. The number of nitrogens with two attached hydrogens (primary N) is 2. The van der Waals surface area contributed by atoms with E-state index in [4.69, 9.17) is 11.5 Å². The number of carboxylic acid groups (broad SMARTS) is 1. The van der Waals surface area contributed by atoms with E-state index in [0.717, 1.165) is 5.56 Å². The fourth-order valence-electron chi connectivity index (χ4n) is 3.05. The average molecular weight is 388 g/mol. The second kappa shape index (κ2) is 8.98. The van der Waals surface area contributed by atoms with Crippen LogP contribution in [0.2, 0.25) is 0 Å². The van der Waals surface area contributed by atoms with Crippen molar-refractivity contribution in [2.24, 2.45) is 27.4 Å². The van der Waals surface area contributed by atoms with Gasteiger partial charge in [0.25, 0.3) is 0 Å². The molecule has 10 nitrogen and oxygen atoms in total. The first-order valence-corrected chi connectivity index (χ1v) is 8.76. The summed E-state index contributed by atoms with van der Waals surface area (Å²) in [6.07, 6.45) is 0.444. The Labute approximate surface area is 162 Å². The maximum Gasteiger partial charge on any atom is 0.327 e. The topological polar surface area (TPSA) is 163 Å². The third-order valence-electron chi connectivity index (χ3n) is 4.51. The maximum absolute atomic E-state index is 12.6. The first kappa shape index (κ1) is 20.9. The second-order valence-electron chi connectivity index (χ2n) is 6.31. The third kappa shape index (κ3) is 4.45. The minimum absolute atomic E-state index is 0.0246. The predicted molar refractivity (Wildman–Crippen MR) is 104 cm³/mol. The van der Waals surface area contributed by atoms with Crippen LogP contribution >= 0.6 is 0 Å². The van der Waals surface area contributed by atoms with Crippen LogP contribution in [0.15, 0.2) is 40.3 Å². The van der Waals surface area contributed by atoms with Crippen molar-refractivity contribution in [2.45, 2.75) is 31.8 Å². The highest BCUT2D eigenvalue weighted by Crippen LogP contribution is 2.31. The Bertz CT molecular complexity index is 808. The molecule has 1 aliphatic rings. The van der Waals surface area contributed by atoms with Crippen molar-refractivity contribution < 1.29 is 19.5 Å². The number of guanidine groups is 1. The van der Waals surface area contributed by atoms with Crippen LogP contribution in [0.1, 0.15) is 31.4 Å². The van der Waals surface area contributed by atoms with Crippen LogP contribution in [0.4, 0.5) is 4.79 Å². The van der Waals surface area contributed by atoms with E-state index in [0.29, 0.717) is 11.3 Å². The molecule has 0 aromatic heterocycles. The summed E-state index contributed by atoms with van der Waals surface area (Å²) in [5, 5.41) is 12.2. The summed E-state index contributed by atoms with van der Waals surface area (Å²) < 4.78 is 0. The van der Waals surface area contributed by atoms with Crippen LogP contribution < -0.4 is 16.8 Å². The molecule has 150 valence electrons. The number of urea groups is 1. The van der Waals surface area contributed by atoms with Crippen molar-refractivity contribution in [1.82, 2.24) is 10.2 Å². The van der Waals surface area contributed by atoms with E-state index in [2.05, 4.69) is 15.3 Å². The Morgan fingerprint density at radius 2 is 1.93 bits per heavy atom. The Kier molecular flexibility index (Phi) is 6.69. The molecular weight excluding hydrogens is 364 g/mol. The van der Waals surface area contributed by atoms with Gasteiger partial charge in [-0.05, 0) is 12.0 Å². The van der Waals surface area contributed by atoms with Crippen LogP contribution in [0.3, 0.4) is 0 Å². The highest BCUT2D eigenvalue weighted by molar-refractivity contribution is 6.09. The number of aliphatic carboxylic acids is 1. The summed E-state index contributed by atoms with van der Waals surface area (Å²) in [6, 6.07) is 6.79. The summed E-state index contributed by atoms with van der Waals surface area (Å²) in [4.78, 5) is 44.8. The molecule has 0 unspecified atom stereocenters. The standard InChI is InChI=1S/C18H24N6O4/c1-3-12(10-7-5-4-6-8-10)22-18(28)24-14(16(26)27)11(15(24)25)9-13(19)23-17(20)21-2/h4-8,11-12,14H,3,9H2,1-2H3,(H,22,28)(H,26,27)(H4,19,20,21,23)/t11-,12-,14+/m1/s1. The number of carbonyl (C=O) groups excluding carboxylic acids is 2. The zero-order valence-electron chi connectivity index (χ0n) is 15.7. The zero-order valence-corrected chi connectivity index (χ0v) is 15.7. The maximum atomic E-state index is 12.6. The second-order valence-corrected chi connectivity index (χ2v) is 6.31. The molecule has 0 aliphatic carbocycles. The van der Waals surface area contributed by atoms with Crippen LogP contribution in [0, 0.1) is 5.92 Å². The number of imide groups is 1. The van der Waals surface area contributed by atoms with Gasteiger partial charge in [-0.3, -0.25) is 9.79 Å². The third-order valence-corrected chi connectivity index (χ3v) is 4.51. The van der Waals surface area contributed by atoms with Gasteiger partial charge in [0.05, 0.1) is 12.0 Å². The highest BCUT2D eigenvalue weighted by Gasteiger charge is 2.55. The van der Waals surface area contributed by atoms with Gasteiger partial charge in [0, 0.05) is 13.5 Å². The lowest BCUT2D eigenvalue weighted by Crippen LogP contribution is -2.68. The fraction of sp³-hybridized carbons (Fsp3) is 0.389. The minimum Gasteiger partial charge on any atom is -0.480 e. The number of aliphatic imine (C=N–C) groups is 2. The van der Waals surface area contributed by atoms with Gasteiger partial charge >= 0.3 is 12.0 Å². The lowest BCUT2D eigenvalue weighted by Gasteiger charge is -2.43. The fourth-order valence-corrected chi connectivity index (χ4v) is 3.05. The zero-order chi connectivity index (χ0) is 20.8. The van der Waals surface area contributed by atoms with Crippen LogP contribution in [-0.4, -0.2) is 52.8 Å². The van der Waals surface area contributed by atoms with Gasteiger partial charge in [0.2, 0.25) is 11.9 Å². The number of carboxylic acids is 1. The number of nitrogens with zero attached hydrogens (tertiary/aromatic N) is 3. The number of nitrogens with one attached hydrogen (secondary N) is 1. The molecule has 0 saturated carbocycles. The molecule has 1 heterocycles. The molecule has 2 rings (SSSR count). The lowest BCUT2D eigenvalue weighted by atomic mass is 9.84. The first-order valence-electron chi connectivity index (χ1n) is 8.76. The number of hydrogen-bond donors (Lipinski definition) is 4. The van der Waals surface area contributed by atoms with Gasteiger partial charge in [-0.25, -0.2) is 19.5 Å². The molecule has 10 heteroatoms. The Morgan fingerprint density at radius 3 is 2.46 bits per heavy atom. The van der Waals surface area contributed by atoms with Gasteiger partial charge in [-0.1, -0.05) is 37.3 Å². The van der Waals surface area contributed by atoms with Gasteiger partial charge in [0.1, 0.15) is 5.84 Å². The van der Waals surface area contributed by atoms with Gasteiger partial charge in [0.15, 0.2) is 6.04 Å². The number of benzene rings is 1. The molecule has 1 aliphatic heterocycles. The molecule has 1 saturated heterocycles. The van der Waals surface area contributed by atoms with Crippen LogP contribution in [-0.2, 0) is 9.59 Å². The molecular formula is C18H24N6O4. The molecule has 28 heavy (non-hydrogen) atoms. The number of β-lactam (4-membered cyclic amide) rings is 1. The molecule has 1 aromatic rings. The number of likely N-dealkylation sites (tertiary alicyclic amines) is 1. The summed E-state index contributed by atoms with van der Waals surface area (Å²) in [6.45, 7) is 1.88. The van der Waals surface area contributed by atoms with Crippen molar-refractivity contribution in [3.63, 3.8) is 0 Å². The summed E-state index contributed by atoms with van der Waals surface area (Å²) >= 11 is 0. The Morgan fingerprint density at radius 1 is 1.29 bits per heavy atom. The van der Waals surface area contributed by atoms with E-state index < -0.39 is 29.9 Å².